The molecule has 2 heterocycles. The van der Waals surface area contributed by atoms with Crippen molar-refractivity contribution in [1.29, 1.82) is 5.26 Å². The summed E-state index contributed by atoms with van der Waals surface area (Å²) in [5.74, 6) is -4.99. The molecule has 0 bridgehead atoms. The largest absolute Gasteiger partial charge is 0.475 e. The first-order valence-corrected chi connectivity index (χ1v) is 13.3. The Morgan fingerprint density at radius 1 is 1.23 bits per heavy atom. The van der Waals surface area contributed by atoms with Gasteiger partial charge in [-0.1, -0.05) is 12.1 Å². The predicted molar refractivity (Wildman–Crippen MR) is 141 cm³/mol. The lowest BCUT2D eigenvalue weighted by molar-refractivity contribution is -0.136. The van der Waals surface area contributed by atoms with E-state index in [1.54, 1.807) is 25.7 Å². The fourth-order valence-electron chi connectivity index (χ4n) is 5.16. The van der Waals surface area contributed by atoms with Gasteiger partial charge in [0.25, 0.3) is 11.8 Å². The summed E-state index contributed by atoms with van der Waals surface area (Å²) in [7, 11) is -1.91. The van der Waals surface area contributed by atoms with E-state index in [1.807, 2.05) is 6.07 Å². The second-order valence-electron chi connectivity index (χ2n) is 11.3. The van der Waals surface area contributed by atoms with Gasteiger partial charge in [-0.05, 0) is 70.2 Å². The number of nitriles is 1. The van der Waals surface area contributed by atoms with Crippen molar-refractivity contribution in [2.75, 3.05) is 26.2 Å². The minimum atomic E-state index is -2.82. The molecule has 2 amide bonds. The number of hydrogen-bond donors (Lipinski definition) is 3. The molecule has 0 aliphatic carbocycles. The zero-order valence-electron chi connectivity index (χ0n) is 23.0. The number of alkyl halides is 2. The number of alkyl carbamates (subject to hydrolysis) is 1. The maximum atomic E-state index is 13.8. The minimum absolute atomic E-state index is 0.00395. The molecule has 218 valence electrons. The van der Waals surface area contributed by atoms with Gasteiger partial charge in [0.05, 0.1) is 18.0 Å². The zero-order valence-corrected chi connectivity index (χ0v) is 23.0. The number of nitrogens with one attached hydrogen (secondary N) is 1. The lowest BCUT2D eigenvalue weighted by Gasteiger charge is -2.44. The summed E-state index contributed by atoms with van der Waals surface area (Å²) >= 11 is 0. The van der Waals surface area contributed by atoms with Gasteiger partial charge in [0, 0.05) is 25.0 Å². The maximum Gasteiger partial charge on any atom is 0.475 e. The lowest BCUT2D eigenvalue weighted by atomic mass is 9.76. The molecule has 0 radical (unpaired) electrons. The molecule has 2 atom stereocenters. The molecule has 9 nitrogen and oxygen atoms in total. The highest BCUT2D eigenvalue weighted by atomic mass is 19.3. The molecular weight excluding hydrogens is 528 g/mol. The first-order valence-electron chi connectivity index (χ1n) is 13.3. The van der Waals surface area contributed by atoms with Crippen molar-refractivity contribution in [3.63, 3.8) is 0 Å². The number of rotatable bonds is 9. The van der Waals surface area contributed by atoms with Gasteiger partial charge < -0.3 is 25.0 Å². The molecule has 0 aromatic heterocycles. The molecule has 0 saturated carbocycles. The first kappa shape index (κ1) is 31.5. The fraction of sp³-hybridized carbons (Fsp3) is 0.593. The van der Waals surface area contributed by atoms with Crippen LogP contribution in [0.15, 0.2) is 35.9 Å². The zero-order chi connectivity index (χ0) is 29.7. The Morgan fingerprint density at radius 3 is 2.48 bits per heavy atom. The van der Waals surface area contributed by atoms with Crippen LogP contribution < -0.4 is 5.32 Å². The minimum Gasteiger partial charge on any atom is -0.447 e. The lowest BCUT2D eigenvalue weighted by Crippen LogP contribution is -2.57. The molecule has 2 aliphatic rings. The summed E-state index contributed by atoms with van der Waals surface area (Å²) in [6.45, 7) is 4.85. The van der Waals surface area contributed by atoms with E-state index in [9.17, 15) is 38.1 Å². The maximum absolute atomic E-state index is 13.8. The second-order valence-corrected chi connectivity index (χ2v) is 11.3. The number of hydrogen-bond acceptors (Lipinski definition) is 7. The summed E-state index contributed by atoms with van der Waals surface area (Å²) in [5.41, 5.74) is -1.54. The van der Waals surface area contributed by atoms with E-state index in [-0.39, 0.29) is 31.6 Å². The van der Waals surface area contributed by atoms with Crippen LogP contribution in [0.5, 0.6) is 0 Å². The van der Waals surface area contributed by atoms with Gasteiger partial charge in [-0.25, -0.2) is 18.0 Å². The Labute approximate surface area is 232 Å². The Morgan fingerprint density at radius 2 is 1.90 bits per heavy atom. The number of nitrogens with zero attached hydrogens (tertiary/aromatic N) is 3. The monoisotopic (exact) mass is 564 g/mol. The third-order valence-electron chi connectivity index (χ3n) is 7.62. The van der Waals surface area contributed by atoms with E-state index in [4.69, 9.17) is 4.74 Å². The summed E-state index contributed by atoms with van der Waals surface area (Å²) in [5, 5.41) is 31.7. The van der Waals surface area contributed by atoms with E-state index >= 15 is 0 Å². The van der Waals surface area contributed by atoms with E-state index in [0.717, 1.165) is 6.42 Å². The molecule has 1 unspecified atom stereocenters. The molecule has 3 rings (SSSR count). The smallest absolute Gasteiger partial charge is 0.447 e. The van der Waals surface area contributed by atoms with E-state index in [1.165, 1.54) is 35.2 Å². The Hall–Kier alpha value is -3.08. The Kier molecular flexibility index (Phi) is 9.92. The normalized spacial score (nSPS) is 22.4. The second kappa shape index (κ2) is 12.6. The third-order valence-corrected chi connectivity index (χ3v) is 7.62. The van der Waals surface area contributed by atoms with Crippen LogP contribution in [0.25, 0.3) is 0 Å². The van der Waals surface area contributed by atoms with Crippen molar-refractivity contribution >= 4 is 19.1 Å². The van der Waals surface area contributed by atoms with Gasteiger partial charge in [-0.15, -0.1) is 0 Å². The van der Waals surface area contributed by atoms with Crippen molar-refractivity contribution < 1.29 is 37.5 Å². The standard InChI is InChI=1S/C27H36BF3N4O5/c1-25(2,34-13-11-27(30,31)17-34)15-20(16-32)23(36)35-12-5-4-10-26(35,3)18-40-24(37)33-22(28(38)39)14-19-6-8-21(29)9-7-19/h6-9,15,22,38-39H,4-5,10-14,17-18H2,1-3H3,(H,33,37)/t22?,26-/m1/s1. The first-order chi connectivity index (χ1) is 18.7. The number of ether oxygens (including phenoxy) is 1. The van der Waals surface area contributed by atoms with Crippen molar-refractivity contribution in [2.45, 2.75) is 75.8 Å². The van der Waals surface area contributed by atoms with Crippen molar-refractivity contribution in [3.05, 3.63) is 47.3 Å². The summed E-state index contributed by atoms with van der Waals surface area (Å²) in [4.78, 5) is 29.1. The van der Waals surface area contributed by atoms with Gasteiger partial charge in [0.15, 0.2) is 0 Å². The molecule has 2 saturated heterocycles. The van der Waals surface area contributed by atoms with Crippen molar-refractivity contribution in [3.8, 4) is 6.07 Å². The fourth-order valence-corrected chi connectivity index (χ4v) is 5.16. The Bertz CT molecular complexity index is 1140. The molecule has 2 fully saturated rings. The molecule has 3 N–H and O–H groups in total. The van der Waals surface area contributed by atoms with Crippen LogP contribution in [0.1, 0.15) is 52.0 Å². The van der Waals surface area contributed by atoms with Crippen LogP contribution in [0.2, 0.25) is 0 Å². The highest BCUT2D eigenvalue weighted by Crippen LogP contribution is 2.34. The third kappa shape index (κ3) is 7.99. The molecule has 1 aromatic carbocycles. The summed E-state index contributed by atoms with van der Waals surface area (Å²) in [6.07, 6.45) is 2.09. The van der Waals surface area contributed by atoms with E-state index in [2.05, 4.69) is 5.32 Å². The number of benzene rings is 1. The van der Waals surface area contributed by atoms with Crippen LogP contribution in [0.3, 0.4) is 0 Å². The van der Waals surface area contributed by atoms with Gasteiger partial charge >= 0.3 is 13.2 Å². The number of halogens is 3. The van der Waals surface area contributed by atoms with Crippen molar-refractivity contribution in [1.82, 2.24) is 15.1 Å². The van der Waals surface area contributed by atoms with Gasteiger partial charge in [-0.2, -0.15) is 5.26 Å². The number of likely N-dealkylation sites (tertiary alicyclic amines) is 2. The summed E-state index contributed by atoms with van der Waals surface area (Å²) < 4.78 is 46.2. The molecule has 2 aliphatic heterocycles. The summed E-state index contributed by atoms with van der Waals surface area (Å²) in [6, 6.07) is 7.28. The Balaban J connectivity index is 1.68. The quantitative estimate of drug-likeness (QED) is 0.239. The number of amides is 2. The highest BCUT2D eigenvalue weighted by molar-refractivity contribution is 6.43. The van der Waals surface area contributed by atoms with Crippen LogP contribution >= 0.6 is 0 Å². The number of piperidine rings is 1. The van der Waals surface area contributed by atoms with Crippen molar-refractivity contribution in [2.24, 2.45) is 0 Å². The van der Waals surface area contributed by atoms with Crippen LogP contribution in [0.4, 0.5) is 18.0 Å². The van der Waals surface area contributed by atoms with E-state index < -0.39 is 54.4 Å². The SMILES string of the molecule is CC(C)(C=C(C#N)C(=O)N1CCCC[C@]1(C)COC(=O)NC(Cc1ccc(F)cc1)B(O)O)N1CCC(F)(F)C1. The van der Waals surface area contributed by atoms with Gasteiger partial charge in [0.1, 0.15) is 24.1 Å². The van der Waals surface area contributed by atoms with Crippen LogP contribution in [0, 0.1) is 17.1 Å². The van der Waals surface area contributed by atoms with Crippen LogP contribution in [-0.4, -0.2) is 88.1 Å². The molecule has 0 spiro atoms. The molecular formula is C27H36BF3N4O5. The van der Waals surface area contributed by atoms with E-state index in [0.29, 0.717) is 24.9 Å². The highest BCUT2D eigenvalue weighted by Gasteiger charge is 2.44. The van der Waals surface area contributed by atoms with Gasteiger partial charge in [-0.3, -0.25) is 9.69 Å². The average Bonchev–Trinajstić information content (AvgIpc) is 3.27. The van der Waals surface area contributed by atoms with Crippen LogP contribution in [-0.2, 0) is 16.0 Å². The average molecular weight is 564 g/mol. The molecule has 40 heavy (non-hydrogen) atoms. The topological polar surface area (TPSA) is 126 Å². The van der Waals surface area contributed by atoms with Gasteiger partial charge in [0.2, 0.25) is 0 Å². The number of carbonyl (C=O) groups excluding carboxylic acids is 2. The molecule has 13 heteroatoms. The number of carbonyl (C=O) groups is 2. The predicted octanol–water partition coefficient (Wildman–Crippen LogP) is 2.82. The molecule has 1 aromatic rings.